The molecule has 1 atom stereocenters. The molecule has 7 heteroatoms. The summed E-state index contributed by atoms with van der Waals surface area (Å²) in [7, 11) is 0. The topological polar surface area (TPSA) is 69.7 Å². The van der Waals surface area contributed by atoms with E-state index in [1.807, 2.05) is 19.9 Å². The number of nitrogens with one attached hydrogen (secondary N) is 1. The third-order valence-electron chi connectivity index (χ3n) is 5.47. The number of rotatable bonds is 6. The van der Waals surface area contributed by atoms with Gasteiger partial charge in [-0.3, -0.25) is 14.4 Å². The van der Waals surface area contributed by atoms with Crippen LogP contribution < -0.4 is 5.32 Å². The Morgan fingerprint density at radius 2 is 1.48 bits per heavy atom. The molecule has 1 aliphatic rings. The second kappa shape index (κ2) is 10.2. The van der Waals surface area contributed by atoms with E-state index in [1.54, 1.807) is 46.2 Å². The maximum atomic E-state index is 13.1. The molecule has 0 aromatic heterocycles. The highest BCUT2D eigenvalue weighted by Gasteiger charge is 2.31. The minimum absolute atomic E-state index is 0.0449. The van der Waals surface area contributed by atoms with Crippen LogP contribution in [0.15, 0.2) is 54.6 Å². The van der Waals surface area contributed by atoms with E-state index in [0.29, 0.717) is 31.7 Å². The lowest BCUT2D eigenvalue weighted by molar-refractivity contribution is -0.141. The van der Waals surface area contributed by atoms with E-state index in [4.69, 9.17) is 0 Å². The van der Waals surface area contributed by atoms with Gasteiger partial charge in [0.25, 0.3) is 5.91 Å². The number of halogens is 1. The number of nitrogens with zero attached hydrogens (tertiary/aromatic N) is 2. The molecule has 2 aromatic rings. The summed E-state index contributed by atoms with van der Waals surface area (Å²) in [5, 5.41) is 2.86. The summed E-state index contributed by atoms with van der Waals surface area (Å²) in [5.41, 5.74) is 1.27. The molecule has 31 heavy (non-hydrogen) atoms. The van der Waals surface area contributed by atoms with Crippen LogP contribution in [0, 0.1) is 11.7 Å². The minimum Gasteiger partial charge on any atom is -0.340 e. The average molecular weight is 426 g/mol. The van der Waals surface area contributed by atoms with Gasteiger partial charge in [-0.05, 0) is 35.7 Å². The number of hydrogen-bond donors (Lipinski definition) is 1. The Hall–Kier alpha value is -3.22. The average Bonchev–Trinajstić information content (AvgIpc) is 2.79. The Kier molecular flexibility index (Phi) is 7.39. The molecule has 1 aliphatic heterocycles. The van der Waals surface area contributed by atoms with Crippen molar-refractivity contribution in [3.8, 4) is 0 Å². The molecule has 2 aromatic carbocycles. The first-order valence-corrected chi connectivity index (χ1v) is 10.5. The van der Waals surface area contributed by atoms with E-state index in [9.17, 15) is 18.8 Å². The molecule has 1 saturated heterocycles. The first-order chi connectivity index (χ1) is 14.8. The summed E-state index contributed by atoms with van der Waals surface area (Å²) in [4.78, 5) is 41.6. The molecule has 1 N–H and O–H groups in total. The van der Waals surface area contributed by atoms with E-state index in [0.717, 1.165) is 5.56 Å². The summed E-state index contributed by atoms with van der Waals surface area (Å²) >= 11 is 0. The Bertz CT molecular complexity index is 907. The van der Waals surface area contributed by atoms with Crippen LogP contribution in [0.5, 0.6) is 0 Å². The number of carbonyl (C=O) groups is 3. The lowest BCUT2D eigenvalue weighted by Crippen LogP contribution is -2.57. The van der Waals surface area contributed by atoms with Gasteiger partial charge in [0.15, 0.2) is 0 Å². The molecular formula is C24H28FN3O3. The Morgan fingerprint density at radius 3 is 2.06 bits per heavy atom. The smallest absolute Gasteiger partial charge is 0.251 e. The normalized spacial score (nSPS) is 15.0. The van der Waals surface area contributed by atoms with Crippen molar-refractivity contribution in [1.29, 1.82) is 0 Å². The Balaban J connectivity index is 1.55. The van der Waals surface area contributed by atoms with Gasteiger partial charge >= 0.3 is 0 Å². The van der Waals surface area contributed by atoms with Gasteiger partial charge in [-0.1, -0.05) is 44.2 Å². The zero-order valence-corrected chi connectivity index (χ0v) is 17.9. The number of benzene rings is 2. The fourth-order valence-corrected chi connectivity index (χ4v) is 3.59. The van der Waals surface area contributed by atoms with E-state index in [2.05, 4.69) is 5.32 Å². The molecule has 6 nitrogen and oxygen atoms in total. The number of piperazine rings is 1. The molecule has 3 amide bonds. The maximum absolute atomic E-state index is 13.1. The predicted molar refractivity (Wildman–Crippen MR) is 116 cm³/mol. The molecule has 3 rings (SSSR count). The molecule has 0 bridgehead atoms. The van der Waals surface area contributed by atoms with Gasteiger partial charge in [-0.15, -0.1) is 0 Å². The van der Waals surface area contributed by atoms with Crippen molar-refractivity contribution in [2.75, 3.05) is 26.2 Å². The third kappa shape index (κ3) is 5.90. The Labute approximate surface area is 182 Å². The summed E-state index contributed by atoms with van der Waals surface area (Å²) in [6.45, 7) is 5.50. The summed E-state index contributed by atoms with van der Waals surface area (Å²) in [5.74, 6) is -0.858. The minimum atomic E-state index is -0.630. The van der Waals surface area contributed by atoms with E-state index in [1.165, 1.54) is 12.1 Å². The van der Waals surface area contributed by atoms with Gasteiger partial charge in [-0.2, -0.15) is 0 Å². The Morgan fingerprint density at radius 1 is 0.903 bits per heavy atom. The van der Waals surface area contributed by atoms with Crippen molar-refractivity contribution in [2.24, 2.45) is 5.92 Å². The van der Waals surface area contributed by atoms with Crippen LogP contribution >= 0.6 is 0 Å². The zero-order valence-electron chi connectivity index (χ0n) is 17.9. The molecule has 0 radical (unpaired) electrons. The van der Waals surface area contributed by atoms with Crippen LogP contribution in [0.1, 0.15) is 29.8 Å². The lowest BCUT2D eigenvalue weighted by atomic mass is 10.0. The second-order valence-electron chi connectivity index (χ2n) is 8.07. The van der Waals surface area contributed by atoms with E-state index >= 15 is 0 Å². The summed E-state index contributed by atoms with van der Waals surface area (Å²) in [6, 6.07) is 14.1. The maximum Gasteiger partial charge on any atom is 0.251 e. The monoisotopic (exact) mass is 425 g/mol. The zero-order chi connectivity index (χ0) is 22.4. The highest BCUT2D eigenvalue weighted by Crippen LogP contribution is 2.13. The highest BCUT2D eigenvalue weighted by atomic mass is 19.1. The molecule has 1 fully saturated rings. The SMILES string of the molecule is CC(C)C(NC(=O)c1ccccc1)C(=O)N1CCN(C(=O)Cc2ccc(F)cc2)CC1. The molecule has 1 unspecified atom stereocenters. The van der Waals surface area contributed by atoms with Crippen LogP contribution in [0.25, 0.3) is 0 Å². The fourth-order valence-electron chi connectivity index (χ4n) is 3.59. The van der Waals surface area contributed by atoms with Crippen LogP contribution in [0.3, 0.4) is 0 Å². The fraction of sp³-hybridized carbons (Fsp3) is 0.375. The van der Waals surface area contributed by atoms with E-state index < -0.39 is 6.04 Å². The van der Waals surface area contributed by atoms with Crippen molar-refractivity contribution in [2.45, 2.75) is 26.3 Å². The third-order valence-corrected chi connectivity index (χ3v) is 5.47. The van der Waals surface area contributed by atoms with Crippen LogP contribution in [-0.2, 0) is 16.0 Å². The number of amides is 3. The first kappa shape index (κ1) is 22.5. The first-order valence-electron chi connectivity index (χ1n) is 10.5. The van der Waals surface area contributed by atoms with Crippen LogP contribution in [-0.4, -0.2) is 59.7 Å². The van der Waals surface area contributed by atoms with Gasteiger partial charge < -0.3 is 15.1 Å². The summed E-state index contributed by atoms with van der Waals surface area (Å²) in [6.07, 6.45) is 0.204. The molecule has 1 heterocycles. The largest absolute Gasteiger partial charge is 0.340 e. The van der Waals surface area contributed by atoms with Crippen molar-refractivity contribution >= 4 is 17.7 Å². The molecular weight excluding hydrogens is 397 g/mol. The van der Waals surface area contributed by atoms with Gasteiger partial charge in [0.2, 0.25) is 11.8 Å². The molecule has 0 aliphatic carbocycles. The van der Waals surface area contributed by atoms with Crippen molar-refractivity contribution in [1.82, 2.24) is 15.1 Å². The highest BCUT2D eigenvalue weighted by molar-refractivity contribution is 5.97. The lowest BCUT2D eigenvalue weighted by Gasteiger charge is -2.37. The van der Waals surface area contributed by atoms with Crippen molar-refractivity contribution in [3.05, 3.63) is 71.5 Å². The predicted octanol–water partition coefficient (Wildman–Crippen LogP) is 2.49. The molecule has 164 valence electrons. The van der Waals surface area contributed by atoms with Gasteiger partial charge in [0.1, 0.15) is 11.9 Å². The van der Waals surface area contributed by atoms with E-state index in [-0.39, 0.29) is 35.9 Å². The standard InChI is InChI=1S/C24H28FN3O3/c1-17(2)22(26-23(30)19-6-4-3-5-7-19)24(31)28-14-12-27(13-15-28)21(29)16-18-8-10-20(25)11-9-18/h3-11,17,22H,12-16H2,1-2H3,(H,26,30). The van der Waals surface area contributed by atoms with Crippen molar-refractivity contribution in [3.63, 3.8) is 0 Å². The van der Waals surface area contributed by atoms with Gasteiger partial charge in [0.05, 0.1) is 6.42 Å². The van der Waals surface area contributed by atoms with Gasteiger partial charge in [0, 0.05) is 31.7 Å². The second-order valence-corrected chi connectivity index (χ2v) is 8.07. The quantitative estimate of drug-likeness (QED) is 0.773. The van der Waals surface area contributed by atoms with Crippen molar-refractivity contribution < 1.29 is 18.8 Å². The van der Waals surface area contributed by atoms with Crippen LogP contribution in [0.2, 0.25) is 0 Å². The number of carbonyl (C=O) groups excluding carboxylic acids is 3. The number of hydrogen-bond acceptors (Lipinski definition) is 3. The molecule has 0 saturated carbocycles. The van der Waals surface area contributed by atoms with Crippen LogP contribution in [0.4, 0.5) is 4.39 Å². The molecule has 0 spiro atoms. The summed E-state index contributed by atoms with van der Waals surface area (Å²) < 4.78 is 13.0. The van der Waals surface area contributed by atoms with Gasteiger partial charge in [-0.25, -0.2) is 4.39 Å².